The van der Waals surface area contributed by atoms with Crippen LogP contribution in [0.1, 0.15) is 15.9 Å². The van der Waals surface area contributed by atoms with Crippen LogP contribution in [-0.2, 0) is 0 Å². The number of hydrogen-bond acceptors (Lipinski definition) is 3. The smallest absolute Gasteiger partial charge is 0.273 e. The summed E-state index contributed by atoms with van der Waals surface area (Å²) in [5.41, 5.74) is 3.93. The van der Waals surface area contributed by atoms with Crippen molar-refractivity contribution in [1.82, 2.24) is 9.99 Å². The van der Waals surface area contributed by atoms with Gasteiger partial charge in [0.2, 0.25) is 0 Å². The first-order chi connectivity index (χ1) is 12.1. The van der Waals surface area contributed by atoms with Gasteiger partial charge < -0.3 is 9.67 Å². The van der Waals surface area contributed by atoms with Crippen molar-refractivity contribution in [2.75, 3.05) is 0 Å². The lowest BCUT2D eigenvalue weighted by Crippen LogP contribution is -2.19. The molecule has 0 fully saturated rings. The number of para-hydroxylation sites is 1. The Balaban J connectivity index is 1.81. The maximum atomic E-state index is 12.4. The second-order valence-corrected chi connectivity index (χ2v) is 5.98. The predicted octanol–water partition coefficient (Wildman–Crippen LogP) is 4.25. The minimum Gasteiger partial charge on any atom is -0.506 e. The molecule has 25 heavy (non-hydrogen) atoms. The Bertz CT molecular complexity index is 937. The average molecular weight is 374 g/mol. The highest BCUT2D eigenvalue weighted by atomic mass is 35.5. The predicted molar refractivity (Wildman–Crippen MR) is 99.0 cm³/mol. The number of hydrogen-bond donors (Lipinski definition) is 2. The molecule has 126 valence electrons. The van der Waals surface area contributed by atoms with Crippen molar-refractivity contribution in [2.45, 2.75) is 0 Å². The van der Waals surface area contributed by atoms with E-state index in [2.05, 4.69) is 10.5 Å². The van der Waals surface area contributed by atoms with Crippen molar-refractivity contribution in [3.63, 3.8) is 0 Å². The van der Waals surface area contributed by atoms with E-state index >= 15 is 0 Å². The van der Waals surface area contributed by atoms with Gasteiger partial charge in [0.15, 0.2) is 0 Å². The number of nitrogens with zero attached hydrogens (tertiary/aromatic N) is 2. The Morgan fingerprint density at radius 1 is 1.12 bits per heavy atom. The fraction of sp³-hybridized carbons (Fsp3) is 0. The van der Waals surface area contributed by atoms with Gasteiger partial charge in [-0.3, -0.25) is 4.79 Å². The number of rotatable bonds is 4. The van der Waals surface area contributed by atoms with Crippen LogP contribution >= 0.6 is 23.2 Å². The molecule has 0 radical (unpaired) electrons. The molecule has 0 spiro atoms. The first-order valence-corrected chi connectivity index (χ1v) is 8.05. The van der Waals surface area contributed by atoms with Crippen molar-refractivity contribution in [3.05, 3.63) is 82.1 Å². The lowest BCUT2D eigenvalue weighted by molar-refractivity contribution is 0.0955. The summed E-state index contributed by atoms with van der Waals surface area (Å²) in [6.07, 6.45) is 4.98. The largest absolute Gasteiger partial charge is 0.506 e. The van der Waals surface area contributed by atoms with Gasteiger partial charge in [-0.05, 0) is 36.4 Å². The van der Waals surface area contributed by atoms with Gasteiger partial charge in [-0.2, -0.15) is 5.10 Å². The van der Waals surface area contributed by atoms with E-state index in [0.717, 1.165) is 5.69 Å². The number of benzene rings is 2. The number of carbonyl (C=O) groups excluding carboxylic acids is 1. The Morgan fingerprint density at radius 2 is 1.84 bits per heavy atom. The molecule has 0 bridgehead atoms. The van der Waals surface area contributed by atoms with Crippen LogP contribution in [0, 0.1) is 0 Å². The number of nitrogens with one attached hydrogen (secondary N) is 1. The number of carbonyl (C=O) groups is 1. The van der Waals surface area contributed by atoms with Crippen LogP contribution in [0.4, 0.5) is 0 Å². The van der Waals surface area contributed by atoms with Gasteiger partial charge in [-0.25, -0.2) is 5.43 Å². The SMILES string of the molecule is O=C(NN=Cc1cc(Cl)cc(Cl)c1O)c1ccccc1-n1cccc1. The maximum Gasteiger partial charge on any atom is 0.273 e. The topological polar surface area (TPSA) is 66.6 Å². The van der Waals surface area contributed by atoms with E-state index in [1.165, 1.54) is 18.3 Å². The van der Waals surface area contributed by atoms with Crippen molar-refractivity contribution < 1.29 is 9.90 Å². The fourth-order valence-electron chi connectivity index (χ4n) is 2.29. The first-order valence-electron chi connectivity index (χ1n) is 7.30. The summed E-state index contributed by atoms with van der Waals surface area (Å²) in [6.45, 7) is 0. The second kappa shape index (κ2) is 7.42. The van der Waals surface area contributed by atoms with Gasteiger partial charge in [-0.1, -0.05) is 35.3 Å². The number of phenolic OH excluding ortho intramolecular Hbond substituents is 1. The third-order valence-electron chi connectivity index (χ3n) is 3.46. The second-order valence-electron chi connectivity index (χ2n) is 5.13. The summed E-state index contributed by atoms with van der Waals surface area (Å²) in [4.78, 5) is 12.4. The molecule has 1 aromatic heterocycles. The average Bonchev–Trinajstić information content (AvgIpc) is 3.13. The molecule has 0 saturated heterocycles. The van der Waals surface area contributed by atoms with Crippen LogP contribution in [0.15, 0.2) is 66.0 Å². The lowest BCUT2D eigenvalue weighted by atomic mass is 10.1. The molecule has 7 heteroatoms. The van der Waals surface area contributed by atoms with Gasteiger partial charge in [-0.15, -0.1) is 0 Å². The van der Waals surface area contributed by atoms with Crippen molar-refractivity contribution >= 4 is 35.3 Å². The maximum absolute atomic E-state index is 12.4. The fourth-order valence-corrected chi connectivity index (χ4v) is 2.80. The van der Waals surface area contributed by atoms with Crippen LogP contribution in [0.3, 0.4) is 0 Å². The summed E-state index contributed by atoms with van der Waals surface area (Å²) >= 11 is 11.7. The van der Waals surface area contributed by atoms with Gasteiger partial charge in [0.25, 0.3) is 5.91 Å². The van der Waals surface area contributed by atoms with Crippen molar-refractivity contribution in [3.8, 4) is 11.4 Å². The molecule has 2 aromatic carbocycles. The molecule has 1 amide bonds. The van der Waals surface area contributed by atoms with Crippen LogP contribution in [0.25, 0.3) is 5.69 Å². The third kappa shape index (κ3) is 3.84. The van der Waals surface area contributed by atoms with Crippen molar-refractivity contribution in [2.24, 2.45) is 5.10 Å². The Kier molecular flexibility index (Phi) is 5.07. The normalized spacial score (nSPS) is 11.0. The van der Waals surface area contributed by atoms with Gasteiger partial charge >= 0.3 is 0 Å². The molecule has 3 rings (SSSR count). The quantitative estimate of drug-likeness (QED) is 0.530. The molecule has 0 aliphatic rings. The van der Waals surface area contributed by atoms with E-state index in [1.807, 2.05) is 41.2 Å². The molecular formula is C18H13Cl2N3O2. The number of amides is 1. The van der Waals surface area contributed by atoms with E-state index in [0.29, 0.717) is 16.1 Å². The lowest BCUT2D eigenvalue weighted by Gasteiger charge is -2.09. The van der Waals surface area contributed by atoms with Gasteiger partial charge in [0, 0.05) is 23.0 Å². The van der Waals surface area contributed by atoms with Crippen LogP contribution in [-0.4, -0.2) is 21.8 Å². The summed E-state index contributed by atoms with van der Waals surface area (Å²) in [6, 6.07) is 13.8. The highest BCUT2D eigenvalue weighted by Gasteiger charge is 2.11. The summed E-state index contributed by atoms with van der Waals surface area (Å²) in [7, 11) is 0. The molecule has 3 aromatic rings. The zero-order valence-corrected chi connectivity index (χ0v) is 14.4. The Labute approximate surface area is 154 Å². The minimum absolute atomic E-state index is 0.109. The zero-order valence-electron chi connectivity index (χ0n) is 12.9. The van der Waals surface area contributed by atoms with E-state index in [-0.39, 0.29) is 16.7 Å². The number of hydrazone groups is 1. The van der Waals surface area contributed by atoms with E-state index in [9.17, 15) is 9.90 Å². The number of aromatic hydroxyl groups is 1. The third-order valence-corrected chi connectivity index (χ3v) is 3.97. The van der Waals surface area contributed by atoms with Gasteiger partial charge in [0.1, 0.15) is 5.75 Å². The summed E-state index contributed by atoms with van der Waals surface area (Å²) < 4.78 is 1.83. The molecule has 0 aliphatic heterocycles. The Hall–Kier alpha value is -2.76. The molecular weight excluding hydrogens is 361 g/mol. The van der Waals surface area contributed by atoms with Crippen LogP contribution in [0.2, 0.25) is 10.0 Å². The van der Waals surface area contributed by atoms with E-state index in [4.69, 9.17) is 23.2 Å². The number of halogens is 2. The van der Waals surface area contributed by atoms with Crippen LogP contribution < -0.4 is 5.43 Å². The molecule has 0 saturated carbocycles. The standard InChI is InChI=1S/C18H13Cl2N3O2/c19-13-9-12(17(24)15(20)10-13)11-21-22-18(25)14-5-1-2-6-16(14)23-7-3-4-8-23/h1-11,24H,(H,22,25). The molecule has 1 heterocycles. The minimum atomic E-state index is -0.381. The highest BCUT2D eigenvalue weighted by Crippen LogP contribution is 2.29. The number of phenols is 1. The van der Waals surface area contributed by atoms with Crippen LogP contribution in [0.5, 0.6) is 5.75 Å². The molecule has 5 nitrogen and oxygen atoms in total. The Morgan fingerprint density at radius 3 is 2.60 bits per heavy atom. The van der Waals surface area contributed by atoms with Crippen molar-refractivity contribution in [1.29, 1.82) is 0 Å². The highest BCUT2D eigenvalue weighted by molar-refractivity contribution is 6.36. The molecule has 2 N–H and O–H groups in total. The summed E-state index contributed by atoms with van der Waals surface area (Å²) in [5, 5.41) is 14.2. The zero-order chi connectivity index (χ0) is 17.8. The van der Waals surface area contributed by atoms with E-state index < -0.39 is 0 Å². The van der Waals surface area contributed by atoms with E-state index in [1.54, 1.807) is 12.1 Å². The molecule has 0 unspecified atom stereocenters. The molecule has 0 atom stereocenters. The first kappa shape index (κ1) is 17.1. The number of aromatic nitrogens is 1. The van der Waals surface area contributed by atoms with Gasteiger partial charge in [0.05, 0.1) is 22.5 Å². The molecule has 0 aliphatic carbocycles. The monoisotopic (exact) mass is 373 g/mol. The summed E-state index contributed by atoms with van der Waals surface area (Å²) in [5.74, 6) is -0.537.